The molecule has 0 aromatic carbocycles. The van der Waals surface area contributed by atoms with Gasteiger partial charge in [-0.25, -0.2) is 0 Å². The van der Waals surface area contributed by atoms with Crippen LogP contribution in [0.25, 0.3) is 0 Å². The Morgan fingerprint density at radius 2 is 2.27 bits per heavy atom. The van der Waals surface area contributed by atoms with E-state index in [0.29, 0.717) is 6.42 Å². The van der Waals surface area contributed by atoms with E-state index in [9.17, 15) is 4.79 Å². The molecule has 4 nitrogen and oxygen atoms in total. The van der Waals surface area contributed by atoms with Crippen LogP contribution in [0.4, 0.5) is 0 Å². The fourth-order valence-corrected chi connectivity index (χ4v) is 2.77. The number of rotatable bonds is 4. The predicted molar refractivity (Wildman–Crippen MR) is 57.1 cm³/mol. The lowest BCUT2D eigenvalue weighted by Crippen LogP contribution is -2.30. The number of hydrogen-bond donors (Lipinski definition) is 1. The summed E-state index contributed by atoms with van der Waals surface area (Å²) >= 11 is 1.57. The molecule has 0 spiro atoms. The van der Waals surface area contributed by atoms with Gasteiger partial charge in [-0.2, -0.15) is 0 Å². The average Bonchev–Trinajstić information content (AvgIpc) is 2.59. The lowest BCUT2D eigenvalue weighted by Gasteiger charge is -2.35. The van der Waals surface area contributed by atoms with Gasteiger partial charge in [0.15, 0.2) is 0 Å². The summed E-state index contributed by atoms with van der Waals surface area (Å²) < 4.78 is 0. The Balaban J connectivity index is 2.00. The van der Waals surface area contributed by atoms with Crippen molar-refractivity contribution in [1.29, 1.82) is 0 Å². The van der Waals surface area contributed by atoms with Crippen LogP contribution in [0.3, 0.4) is 0 Å². The van der Waals surface area contributed by atoms with Gasteiger partial charge < -0.3 is 5.11 Å². The van der Waals surface area contributed by atoms with E-state index >= 15 is 0 Å². The van der Waals surface area contributed by atoms with E-state index in [-0.39, 0.29) is 11.8 Å². The molecule has 2 rings (SSSR count). The summed E-state index contributed by atoms with van der Waals surface area (Å²) in [5.41, 5.74) is 0.221. The SMILES string of the molecule is CC1(c2nnc(CCC(=O)O)s2)CCC1. The summed E-state index contributed by atoms with van der Waals surface area (Å²) in [5, 5.41) is 18.7. The van der Waals surface area contributed by atoms with Crippen LogP contribution in [0.2, 0.25) is 0 Å². The molecule has 1 N–H and O–H groups in total. The number of nitrogens with zero attached hydrogens (tertiary/aromatic N) is 2. The number of carboxylic acid groups (broad SMARTS) is 1. The first-order valence-corrected chi connectivity index (χ1v) is 5.96. The molecule has 1 aromatic heterocycles. The van der Waals surface area contributed by atoms with Crippen molar-refractivity contribution in [1.82, 2.24) is 10.2 Å². The number of aryl methyl sites for hydroxylation is 1. The largest absolute Gasteiger partial charge is 0.481 e. The first-order valence-electron chi connectivity index (χ1n) is 5.15. The van der Waals surface area contributed by atoms with Crippen molar-refractivity contribution in [3.05, 3.63) is 10.0 Å². The van der Waals surface area contributed by atoms with Crippen LogP contribution in [-0.2, 0) is 16.6 Å². The molecule has 15 heavy (non-hydrogen) atoms. The molecule has 0 radical (unpaired) electrons. The molecule has 1 fully saturated rings. The molecule has 5 heteroatoms. The van der Waals surface area contributed by atoms with Crippen LogP contribution in [0.1, 0.15) is 42.6 Å². The summed E-state index contributed by atoms with van der Waals surface area (Å²) in [6.07, 6.45) is 4.27. The van der Waals surface area contributed by atoms with Crippen LogP contribution in [0.15, 0.2) is 0 Å². The van der Waals surface area contributed by atoms with E-state index in [1.807, 2.05) is 0 Å². The highest BCUT2D eigenvalue weighted by Gasteiger charge is 2.36. The number of carbonyl (C=O) groups is 1. The summed E-state index contributed by atoms with van der Waals surface area (Å²) in [7, 11) is 0. The van der Waals surface area contributed by atoms with E-state index in [1.54, 1.807) is 11.3 Å². The smallest absolute Gasteiger partial charge is 0.303 e. The molecule has 1 aliphatic rings. The number of aliphatic carboxylic acids is 1. The molecule has 0 atom stereocenters. The zero-order valence-electron chi connectivity index (χ0n) is 8.69. The van der Waals surface area contributed by atoms with Crippen LogP contribution in [0, 0.1) is 0 Å². The highest BCUT2D eigenvalue weighted by molar-refractivity contribution is 7.11. The zero-order chi connectivity index (χ0) is 10.9. The van der Waals surface area contributed by atoms with E-state index in [2.05, 4.69) is 17.1 Å². The third-order valence-corrected chi connectivity index (χ3v) is 4.28. The molecule has 0 bridgehead atoms. The molecule has 0 unspecified atom stereocenters. The zero-order valence-corrected chi connectivity index (χ0v) is 9.51. The highest BCUT2D eigenvalue weighted by Crippen LogP contribution is 2.44. The van der Waals surface area contributed by atoms with Crippen molar-refractivity contribution < 1.29 is 9.90 Å². The summed E-state index contributed by atoms with van der Waals surface area (Å²) in [4.78, 5) is 10.4. The van der Waals surface area contributed by atoms with Gasteiger partial charge in [0.2, 0.25) is 0 Å². The summed E-state index contributed by atoms with van der Waals surface area (Å²) in [5.74, 6) is -0.776. The minimum Gasteiger partial charge on any atom is -0.481 e. The van der Waals surface area contributed by atoms with Crippen LogP contribution in [-0.4, -0.2) is 21.3 Å². The van der Waals surface area contributed by atoms with Crippen molar-refractivity contribution in [2.75, 3.05) is 0 Å². The molecule has 1 saturated carbocycles. The molecular weight excluding hydrogens is 212 g/mol. The minimum atomic E-state index is -0.776. The van der Waals surface area contributed by atoms with Gasteiger partial charge >= 0.3 is 5.97 Å². The highest BCUT2D eigenvalue weighted by atomic mass is 32.1. The van der Waals surface area contributed by atoms with Crippen LogP contribution >= 0.6 is 11.3 Å². The molecule has 1 heterocycles. The third-order valence-electron chi connectivity index (χ3n) is 2.99. The van der Waals surface area contributed by atoms with Gasteiger partial charge in [-0.1, -0.05) is 13.3 Å². The molecule has 0 aliphatic heterocycles. The maximum absolute atomic E-state index is 10.4. The van der Waals surface area contributed by atoms with E-state index < -0.39 is 5.97 Å². The van der Waals surface area contributed by atoms with E-state index in [1.165, 1.54) is 19.3 Å². The van der Waals surface area contributed by atoms with Crippen molar-refractivity contribution in [3.63, 3.8) is 0 Å². The quantitative estimate of drug-likeness (QED) is 0.852. The fourth-order valence-electron chi connectivity index (χ4n) is 1.73. The second-order valence-electron chi connectivity index (χ2n) is 4.31. The maximum Gasteiger partial charge on any atom is 0.303 e. The first kappa shape index (κ1) is 10.5. The summed E-state index contributed by atoms with van der Waals surface area (Å²) in [6, 6.07) is 0. The van der Waals surface area contributed by atoms with Gasteiger partial charge in [0.25, 0.3) is 0 Å². The van der Waals surface area contributed by atoms with Gasteiger partial charge in [-0.15, -0.1) is 21.5 Å². The lowest BCUT2D eigenvalue weighted by atomic mass is 9.71. The predicted octanol–water partition coefficient (Wildman–Crippen LogP) is 2.00. The third kappa shape index (κ3) is 2.17. The normalized spacial score (nSPS) is 18.5. The molecule has 1 aromatic rings. The number of carboxylic acids is 1. The van der Waals surface area contributed by atoms with Crippen molar-refractivity contribution in [3.8, 4) is 0 Å². The van der Waals surface area contributed by atoms with Gasteiger partial charge in [0.05, 0.1) is 6.42 Å². The standard InChI is InChI=1S/C10H14N2O2S/c1-10(5-2-6-10)9-12-11-7(15-9)3-4-8(13)14/h2-6H2,1H3,(H,13,14). The number of aromatic nitrogens is 2. The maximum atomic E-state index is 10.4. The Labute approximate surface area is 92.3 Å². The molecule has 82 valence electrons. The lowest BCUT2D eigenvalue weighted by molar-refractivity contribution is -0.136. The Kier molecular flexibility index (Phi) is 2.73. The molecule has 1 aliphatic carbocycles. The van der Waals surface area contributed by atoms with E-state index in [0.717, 1.165) is 10.0 Å². The Bertz CT molecular complexity index is 371. The van der Waals surface area contributed by atoms with Gasteiger partial charge in [-0.05, 0) is 12.8 Å². The average molecular weight is 226 g/mol. The molecule has 0 amide bonds. The van der Waals surface area contributed by atoms with Crippen LogP contribution < -0.4 is 0 Å². The van der Waals surface area contributed by atoms with Crippen LogP contribution in [0.5, 0.6) is 0 Å². The van der Waals surface area contributed by atoms with Gasteiger partial charge in [0.1, 0.15) is 10.0 Å². The Hall–Kier alpha value is -0.970. The summed E-state index contributed by atoms with van der Waals surface area (Å²) in [6.45, 7) is 2.21. The monoisotopic (exact) mass is 226 g/mol. The Morgan fingerprint density at radius 3 is 2.80 bits per heavy atom. The Morgan fingerprint density at radius 1 is 1.53 bits per heavy atom. The topological polar surface area (TPSA) is 63.1 Å². The second-order valence-corrected chi connectivity index (χ2v) is 5.37. The van der Waals surface area contributed by atoms with Gasteiger partial charge in [0, 0.05) is 11.8 Å². The molecular formula is C10H14N2O2S. The minimum absolute atomic E-state index is 0.144. The van der Waals surface area contributed by atoms with Crippen molar-refractivity contribution >= 4 is 17.3 Å². The van der Waals surface area contributed by atoms with Crippen molar-refractivity contribution in [2.24, 2.45) is 0 Å². The second kappa shape index (κ2) is 3.89. The first-order chi connectivity index (χ1) is 7.10. The number of hydrogen-bond acceptors (Lipinski definition) is 4. The fraction of sp³-hybridized carbons (Fsp3) is 0.700. The van der Waals surface area contributed by atoms with Crippen molar-refractivity contribution in [2.45, 2.75) is 44.4 Å². The molecule has 0 saturated heterocycles. The van der Waals surface area contributed by atoms with Gasteiger partial charge in [-0.3, -0.25) is 4.79 Å². The van der Waals surface area contributed by atoms with E-state index in [4.69, 9.17) is 5.11 Å².